The third-order valence-corrected chi connectivity index (χ3v) is 2.04. The Balaban J connectivity index is 2.69. The van der Waals surface area contributed by atoms with E-state index in [-0.39, 0.29) is 5.91 Å². The van der Waals surface area contributed by atoms with Gasteiger partial charge in [-0.3, -0.25) is 9.79 Å². The summed E-state index contributed by atoms with van der Waals surface area (Å²) in [6.45, 7) is 6.06. The maximum Gasteiger partial charge on any atom is 0.224 e. The third kappa shape index (κ3) is 2.81. The fourth-order valence-electron chi connectivity index (χ4n) is 1.09. The molecule has 4 nitrogen and oxygen atoms in total. The number of piperidine rings is 1. The lowest BCUT2D eigenvalue weighted by Gasteiger charge is -2.16. The van der Waals surface area contributed by atoms with E-state index in [1.807, 2.05) is 6.92 Å². The molecule has 0 aromatic heterocycles. The summed E-state index contributed by atoms with van der Waals surface area (Å²) in [5.41, 5.74) is 7.87. The van der Waals surface area contributed by atoms with Gasteiger partial charge in [0.1, 0.15) is 0 Å². The Morgan fingerprint density at radius 3 is 3.00 bits per heavy atom. The first-order valence-electron chi connectivity index (χ1n) is 4.55. The lowest BCUT2D eigenvalue weighted by molar-refractivity contribution is -0.120. The standard InChI is InChI=1S/C10H15N3O/c1-7(5-11)12-6-9-3-4-10(14)13-8(9)2/h6H,2-5,11H2,1H3,(H,13,14)/b9-6-,12-7?. The van der Waals surface area contributed by atoms with Crippen LogP contribution < -0.4 is 11.1 Å². The highest BCUT2D eigenvalue weighted by molar-refractivity contribution is 5.84. The smallest absolute Gasteiger partial charge is 0.224 e. The Kier molecular flexibility index (Phi) is 3.59. The van der Waals surface area contributed by atoms with Crippen LogP contribution in [0.2, 0.25) is 0 Å². The fourth-order valence-corrected chi connectivity index (χ4v) is 1.09. The SMILES string of the molecule is C=C1NC(=O)CC/C1=C/N=C(C)CN. The van der Waals surface area contributed by atoms with Crippen LogP contribution in [0.4, 0.5) is 0 Å². The van der Waals surface area contributed by atoms with Gasteiger partial charge in [0, 0.05) is 30.6 Å². The largest absolute Gasteiger partial charge is 0.326 e. The summed E-state index contributed by atoms with van der Waals surface area (Å²) in [4.78, 5) is 15.1. The average molecular weight is 193 g/mol. The van der Waals surface area contributed by atoms with Gasteiger partial charge in [-0.15, -0.1) is 0 Å². The highest BCUT2D eigenvalue weighted by atomic mass is 16.1. The topological polar surface area (TPSA) is 67.5 Å². The van der Waals surface area contributed by atoms with Gasteiger partial charge < -0.3 is 11.1 Å². The Labute approximate surface area is 83.6 Å². The average Bonchev–Trinajstić information content (AvgIpc) is 2.16. The first-order chi connectivity index (χ1) is 6.63. The number of allylic oxidation sites excluding steroid dienone is 1. The van der Waals surface area contributed by atoms with Crippen molar-refractivity contribution < 1.29 is 4.79 Å². The van der Waals surface area contributed by atoms with Gasteiger partial charge in [-0.05, 0) is 18.9 Å². The van der Waals surface area contributed by atoms with E-state index < -0.39 is 0 Å². The van der Waals surface area contributed by atoms with Crippen LogP contribution >= 0.6 is 0 Å². The number of hydrogen-bond donors (Lipinski definition) is 2. The van der Waals surface area contributed by atoms with E-state index in [1.165, 1.54) is 0 Å². The van der Waals surface area contributed by atoms with E-state index in [4.69, 9.17) is 5.73 Å². The number of nitrogens with zero attached hydrogens (tertiary/aromatic N) is 1. The summed E-state index contributed by atoms with van der Waals surface area (Å²) in [7, 11) is 0. The van der Waals surface area contributed by atoms with Gasteiger partial charge in [0.25, 0.3) is 0 Å². The van der Waals surface area contributed by atoms with Crippen LogP contribution in [0.25, 0.3) is 0 Å². The van der Waals surface area contributed by atoms with Crippen molar-refractivity contribution >= 4 is 11.6 Å². The van der Waals surface area contributed by atoms with E-state index in [1.54, 1.807) is 6.20 Å². The molecule has 1 amide bonds. The van der Waals surface area contributed by atoms with Crippen molar-refractivity contribution in [2.24, 2.45) is 10.7 Å². The molecular formula is C10H15N3O. The number of hydrogen-bond acceptors (Lipinski definition) is 3. The van der Waals surface area contributed by atoms with Crippen molar-refractivity contribution in [1.82, 2.24) is 5.32 Å². The second kappa shape index (κ2) is 4.72. The fraction of sp³-hybridized carbons (Fsp3) is 0.400. The van der Waals surface area contributed by atoms with Crippen LogP contribution in [-0.4, -0.2) is 18.2 Å². The number of carbonyl (C=O) groups excluding carboxylic acids is 1. The monoisotopic (exact) mass is 193 g/mol. The zero-order valence-corrected chi connectivity index (χ0v) is 8.34. The Hall–Kier alpha value is -1.42. The van der Waals surface area contributed by atoms with Crippen molar-refractivity contribution in [1.29, 1.82) is 0 Å². The van der Waals surface area contributed by atoms with Crippen LogP contribution in [0.1, 0.15) is 19.8 Å². The number of nitrogens with one attached hydrogen (secondary N) is 1. The first-order valence-corrected chi connectivity index (χ1v) is 4.55. The second-order valence-corrected chi connectivity index (χ2v) is 3.25. The van der Waals surface area contributed by atoms with Crippen molar-refractivity contribution in [3.8, 4) is 0 Å². The van der Waals surface area contributed by atoms with E-state index in [0.29, 0.717) is 25.1 Å². The summed E-state index contributed by atoms with van der Waals surface area (Å²) >= 11 is 0. The Morgan fingerprint density at radius 2 is 2.43 bits per heavy atom. The molecule has 0 aromatic rings. The van der Waals surface area contributed by atoms with E-state index in [0.717, 1.165) is 11.3 Å². The molecule has 1 fully saturated rings. The predicted octanol–water partition coefficient (Wildman–Crippen LogP) is 0.714. The maximum atomic E-state index is 11.0. The van der Waals surface area contributed by atoms with Gasteiger partial charge in [0.2, 0.25) is 5.91 Å². The molecule has 0 radical (unpaired) electrons. The molecule has 0 saturated carbocycles. The van der Waals surface area contributed by atoms with Gasteiger partial charge in [0.15, 0.2) is 0 Å². The molecule has 0 aliphatic carbocycles. The number of nitrogens with two attached hydrogens (primary N) is 1. The van der Waals surface area contributed by atoms with Crippen molar-refractivity contribution in [3.63, 3.8) is 0 Å². The molecule has 76 valence electrons. The summed E-state index contributed by atoms with van der Waals surface area (Å²) in [6.07, 6.45) is 2.93. The van der Waals surface area contributed by atoms with Crippen LogP contribution in [0, 0.1) is 0 Å². The number of carbonyl (C=O) groups is 1. The quantitative estimate of drug-likeness (QED) is 0.634. The molecule has 1 aliphatic heterocycles. The Morgan fingerprint density at radius 1 is 1.71 bits per heavy atom. The molecule has 0 spiro atoms. The predicted molar refractivity (Wildman–Crippen MR) is 56.8 cm³/mol. The van der Waals surface area contributed by atoms with Gasteiger partial charge in [-0.25, -0.2) is 0 Å². The molecule has 3 N–H and O–H groups in total. The van der Waals surface area contributed by atoms with Crippen LogP contribution in [0.3, 0.4) is 0 Å². The highest BCUT2D eigenvalue weighted by Crippen LogP contribution is 2.17. The number of amides is 1. The van der Waals surface area contributed by atoms with Gasteiger partial charge in [0.05, 0.1) is 0 Å². The molecule has 0 bridgehead atoms. The molecule has 1 aliphatic rings. The summed E-state index contributed by atoms with van der Waals surface area (Å²) in [5, 5.41) is 2.67. The van der Waals surface area contributed by atoms with Gasteiger partial charge >= 0.3 is 0 Å². The third-order valence-electron chi connectivity index (χ3n) is 2.04. The van der Waals surface area contributed by atoms with Gasteiger partial charge in [-0.1, -0.05) is 6.58 Å². The lowest BCUT2D eigenvalue weighted by Crippen LogP contribution is -2.27. The maximum absolute atomic E-state index is 11.0. The number of aliphatic imine (C=N–C) groups is 1. The summed E-state index contributed by atoms with van der Waals surface area (Å²) < 4.78 is 0. The van der Waals surface area contributed by atoms with E-state index in [9.17, 15) is 4.79 Å². The molecule has 1 heterocycles. The molecular weight excluding hydrogens is 178 g/mol. The van der Waals surface area contributed by atoms with Crippen LogP contribution in [0.5, 0.6) is 0 Å². The molecule has 0 atom stereocenters. The zero-order chi connectivity index (χ0) is 10.6. The van der Waals surface area contributed by atoms with E-state index >= 15 is 0 Å². The minimum atomic E-state index is 0.0201. The second-order valence-electron chi connectivity index (χ2n) is 3.25. The molecule has 14 heavy (non-hydrogen) atoms. The molecule has 1 rings (SSSR count). The van der Waals surface area contributed by atoms with Crippen molar-refractivity contribution in [2.45, 2.75) is 19.8 Å². The number of rotatable bonds is 2. The van der Waals surface area contributed by atoms with Crippen molar-refractivity contribution in [2.75, 3.05) is 6.54 Å². The molecule has 4 heteroatoms. The van der Waals surface area contributed by atoms with Crippen LogP contribution in [0.15, 0.2) is 29.0 Å². The molecule has 0 aromatic carbocycles. The normalized spacial score (nSPS) is 21.3. The summed E-state index contributed by atoms with van der Waals surface area (Å²) in [6, 6.07) is 0. The molecule has 0 unspecified atom stereocenters. The van der Waals surface area contributed by atoms with Gasteiger partial charge in [-0.2, -0.15) is 0 Å². The van der Waals surface area contributed by atoms with E-state index in [2.05, 4.69) is 16.9 Å². The molecule has 1 saturated heterocycles. The minimum Gasteiger partial charge on any atom is -0.326 e. The summed E-state index contributed by atoms with van der Waals surface area (Å²) in [5.74, 6) is 0.0201. The van der Waals surface area contributed by atoms with Crippen molar-refractivity contribution in [3.05, 3.63) is 24.0 Å². The lowest BCUT2D eigenvalue weighted by atomic mass is 10.0. The first kappa shape index (κ1) is 10.7. The minimum absolute atomic E-state index is 0.0201. The highest BCUT2D eigenvalue weighted by Gasteiger charge is 2.14. The Bertz CT molecular complexity index is 315. The van der Waals surface area contributed by atoms with Crippen LogP contribution in [-0.2, 0) is 4.79 Å². The zero-order valence-electron chi connectivity index (χ0n) is 8.34.